The average molecular weight is 359 g/mol. The Kier molecular flexibility index (Phi) is 5.12. The first-order valence-electron chi connectivity index (χ1n) is 7.76. The summed E-state index contributed by atoms with van der Waals surface area (Å²) in [5, 5.41) is 0.810. The highest BCUT2D eigenvalue weighted by Gasteiger charge is 2.39. The lowest BCUT2D eigenvalue weighted by molar-refractivity contribution is 0.102. The summed E-state index contributed by atoms with van der Waals surface area (Å²) in [6.07, 6.45) is 4.85. The van der Waals surface area contributed by atoms with Crippen molar-refractivity contribution in [2.24, 2.45) is 16.7 Å². The van der Waals surface area contributed by atoms with Crippen LogP contribution in [0.15, 0.2) is 18.2 Å². The van der Waals surface area contributed by atoms with Gasteiger partial charge in [0.25, 0.3) is 0 Å². The Morgan fingerprint density at radius 3 is 2.10 bits per heavy atom. The van der Waals surface area contributed by atoms with Gasteiger partial charge in [0, 0.05) is 10.9 Å². The van der Waals surface area contributed by atoms with Gasteiger partial charge in [-0.1, -0.05) is 42.8 Å². The van der Waals surface area contributed by atoms with E-state index in [4.69, 9.17) is 0 Å². The van der Waals surface area contributed by atoms with Crippen molar-refractivity contribution in [1.82, 2.24) is 0 Å². The Hall–Kier alpha value is -0.440. The molecule has 1 aromatic rings. The molecule has 0 unspecified atom stereocenters. The third-order valence-corrected chi connectivity index (χ3v) is 6.36. The topological polar surface area (TPSA) is 0 Å². The highest BCUT2D eigenvalue weighted by molar-refractivity contribution is 9.09. The van der Waals surface area contributed by atoms with Crippen molar-refractivity contribution in [2.75, 3.05) is 5.33 Å². The van der Waals surface area contributed by atoms with Gasteiger partial charge in [-0.2, -0.15) is 0 Å². The van der Waals surface area contributed by atoms with E-state index in [9.17, 15) is 8.78 Å². The molecule has 0 saturated heterocycles. The minimum Gasteiger partial charge on any atom is -0.207 e. The Morgan fingerprint density at radius 1 is 1.14 bits per heavy atom. The van der Waals surface area contributed by atoms with Crippen molar-refractivity contribution < 1.29 is 8.78 Å². The van der Waals surface area contributed by atoms with Crippen LogP contribution >= 0.6 is 15.9 Å². The van der Waals surface area contributed by atoms with Crippen LogP contribution in [0.25, 0.3) is 0 Å². The Labute approximate surface area is 135 Å². The maximum absolute atomic E-state index is 13.9. The number of hydrogen-bond donors (Lipinski definition) is 0. The molecule has 0 radical (unpaired) electrons. The number of alkyl halides is 1. The largest absolute Gasteiger partial charge is 0.207 e. The highest BCUT2D eigenvalue weighted by atomic mass is 79.9. The minimum absolute atomic E-state index is 0.00914. The van der Waals surface area contributed by atoms with E-state index in [1.54, 1.807) is 0 Å². The van der Waals surface area contributed by atoms with Crippen LogP contribution in [0, 0.1) is 28.4 Å². The molecule has 0 N–H and O–H groups in total. The fourth-order valence-corrected chi connectivity index (χ4v) is 4.29. The van der Waals surface area contributed by atoms with E-state index in [2.05, 4.69) is 36.7 Å². The van der Waals surface area contributed by atoms with Gasteiger partial charge in [0.05, 0.1) is 0 Å². The lowest BCUT2D eigenvalue weighted by Crippen LogP contribution is -2.35. The van der Waals surface area contributed by atoms with Crippen molar-refractivity contribution >= 4 is 15.9 Å². The van der Waals surface area contributed by atoms with Gasteiger partial charge >= 0.3 is 0 Å². The summed E-state index contributed by atoms with van der Waals surface area (Å²) in [6.45, 7) is 6.86. The molecule has 1 saturated carbocycles. The van der Waals surface area contributed by atoms with Gasteiger partial charge in [0.2, 0.25) is 0 Å². The molecule has 0 atom stereocenters. The molecule has 1 aliphatic carbocycles. The number of benzene rings is 1. The van der Waals surface area contributed by atoms with Gasteiger partial charge in [-0.3, -0.25) is 0 Å². The predicted molar refractivity (Wildman–Crippen MR) is 87.7 cm³/mol. The van der Waals surface area contributed by atoms with E-state index in [0.717, 1.165) is 31.0 Å². The molecule has 118 valence electrons. The van der Waals surface area contributed by atoms with E-state index < -0.39 is 11.6 Å². The molecule has 1 aromatic carbocycles. The molecule has 0 aliphatic heterocycles. The van der Waals surface area contributed by atoms with E-state index in [0.29, 0.717) is 17.8 Å². The molecule has 2 rings (SSSR count). The van der Waals surface area contributed by atoms with Crippen molar-refractivity contribution in [3.8, 4) is 0 Å². The van der Waals surface area contributed by atoms with Crippen molar-refractivity contribution in [2.45, 2.75) is 52.9 Å². The standard InChI is InChI=1S/C18H25BrF2/c1-17(2,3)13-7-9-18(12-19,10-8-13)11-14-15(20)5-4-6-16(14)21/h4-6,13H,7-12H2,1-3H3. The zero-order chi connectivity index (χ0) is 15.7. The molecule has 1 fully saturated rings. The number of halogens is 3. The quantitative estimate of drug-likeness (QED) is 0.570. The predicted octanol–water partition coefficient (Wildman–Crippen LogP) is 6.12. The van der Waals surface area contributed by atoms with Gasteiger partial charge in [-0.25, -0.2) is 8.78 Å². The van der Waals surface area contributed by atoms with Crippen LogP contribution in [0.4, 0.5) is 8.78 Å². The van der Waals surface area contributed by atoms with Crippen LogP contribution in [-0.2, 0) is 6.42 Å². The number of hydrogen-bond acceptors (Lipinski definition) is 0. The van der Waals surface area contributed by atoms with Crippen molar-refractivity contribution in [3.05, 3.63) is 35.4 Å². The second-order valence-corrected chi connectivity index (χ2v) is 8.21. The third-order valence-electron chi connectivity index (χ3n) is 5.17. The molecular weight excluding hydrogens is 334 g/mol. The molecule has 0 spiro atoms. The SMILES string of the molecule is CC(C)(C)C1CCC(CBr)(Cc2c(F)cccc2F)CC1. The van der Waals surface area contributed by atoms with Crippen LogP contribution in [0.2, 0.25) is 0 Å². The third kappa shape index (κ3) is 3.85. The van der Waals surface area contributed by atoms with Crippen LogP contribution in [0.1, 0.15) is 52.0 Å². The summed E-state index contributed by atoms with van der Waals surface area (Å²) in [5.41, 5.74) is 0.568. The molecule has 0 heterocycles. The zero-order valence-corrected chi connectivity index (χ0v) is 14.8. The van der Waals surface area contributed by atoms with Crippen molar-refractivity contribution in [3.63, 3.8) is 0 Å². The Balaban J connectivity index is 2.14. The fraction of sp³-hybridized carbons (Fsp3) is 0.667. The summed E-state index contributed by atoms with van der Waals surface area (Å²) in [4.78, 5) is 0. The number of rotatable bonds is 3. The first-order chi connectivity index (χ1) is 9.77. The first kappa shape index (κ1) is 16.9. The minimum atomic E-state index is -0.409. The van der Waals surface area contributed by atoms with Crippen LogP contribution in [0.5, 0.6) is 0 Å². The second-order valence-electron chi connectivity index (χ2n) is 7.65. The maximum Gasteiger partial charge on any atom is 0.129 e. The van der Waals surface area contributed by atoms with Gasteiger partial charge < -0.3 is 0 Å². The molecule has 21 heavy (non-hydrogen) atoms. The molecule has 1 aliphatic rings. The smallest absolute Gasteiger partial charge is 0.129 e. The van der Waals surface area contributed by atoms with Gasteiger partial charge in [-0.15, -0.1) is 0 Å². The van der Waals surface area contributed by atoms with E-state index in [1.165, 1.54) is 18.2 Å². The van der Waals surface area contributed by atoms with Gasteiger partial charge in [-0.05, 0) is 61.0 Å². The van der Waals surface area contributed by atoms with E-state index >= 15 is 0 Å². The van der Waals surface area contributed by atoms with E-state index in [1.807, 2.05) is 0 Å². The molecule has 3 heteroatoms. The summed E-state index contributed by atoms with van der Waals surface area (Å²) in [7, 11) is 0. The summed E-state index contributed by atoms with van der Waals surface area (Å²) in [5.74, 6) is -0.114. The molecular formula is C18H25BrF2. The van der Waals surface area contributed by atoms with Crippen LogP contribution in [-0.4, -0.2) is 5.33 Å². The summed E-state index contributed by atoms with van der Waals surface area (Å²) in [6, 6.07) is 4.16. The molecule has 0 nitrogen and oxygen atoms in total. The van der Waals surface area contributed by atoms with Crippen LogP contribution in [0.3, 0.4) is 0 Å². The zero-order valence-electron chi connectivity index (χ0n) is 13.2. The normalized spacial score (nSPS) is 26.9. The fourth-order valence-electron chi connectivity index (χ4n) is 3.53. The van der Waals surface area contributed by atoms with Gasteiger partial charge in [0.15, 0.2) is 0 Å². The second kappa shape index (κ2) is 6.36. The maximum atomic E-state index is 13.9. The molecule has 0 aromatic heterocycles. The van der Waals surface area contributed by atoms with Gasteiger partial charge in [0.1, 0.15) is 11.6 Å². The first-order valence-corrected chi connectivity index (χ1v) is 8.88. The Bertz CT molecular complexity index is 462. The van der Waals surface area contributed by atoms with Crippen LogP contribution < -0.4 is 0 Å². The van der Waals surface area contributed by atoms with E-state index in [-0.39, 0.29) is 11.0 Å². The lowest BCUT2D eigenvalue weighted by Gasteiger charge is -2.43. The Morgan fingerprint density at radius 2 is 1.67 bits per heavy atom. The molecule has 0 bridgehead atoms. The average Bonchev–Trinajstić information content (AvgIpc) is 2.43. The van der Waals surface area contributed by atoms with Crippen molar-refractivity contribution in [1.29, 1.82) is 0 Å². The monoisotopic (exact) mass is 358 g/mol. The summed E-state index contributed by atoms with van der Waals surface area (Å²) < 4.78 is 27.8. The highest BCUT2D eigenvalue weighted by Crippen LogP contribution is 2.48. The molecule has 0 amide bonds. The summed E-state index contributed by atoms with van der Waals surface area (Å²) >= 11 is 3.60. The lowest BCUT2D eigenvalue weighted by atomic mass is 9.63.